The highest BCUT2D eigenvalue weighted by Crippen LogP contribution is 2.41. The van der Waals surface area contributed by atoms with Gasteiger partial charge in [0.1, 0.15) is 24.6 Å². The van der Waals surface area contributed by atoms with E-state index in [4.69, 9.17) is 28.4 Å². The molecule has 1 aliphatic rings. The monoisotopic (exact) mass is 558 g/mol. The van der Waals surface area contributed by atoms with E-state index in [1.54, 1.807) is 18.2 Å². The Bertz CT molecular complexity index is 976. The highest BCUT2D eigenvalue weighted by atomic mass is 79.9. The van der Waals surface area contributed by atoms with Crippen molar-refractivity contribution in [1.82, 2.24) is 0 Å². The lowest BCUT2D eigenvalue weighted by Crippen LogP contribution is -2.59. The molecule has 0 N–H and O–H groups in total. The maximum absolute atomic E-state index is 12.0. The Morgan fingerprint density at radius 2 is 1.37 bits per heavy atom. The molecule has 1 fully saturated rings. The Kier molecular flexibility index (Phi) is 10.2. The molecule has 1 aromatic carbocycles. The Hall–Kier alpha value is -2.99. The van der Waals surface area contributed by atoms with Gasteiger partial charge >= 0.3 is 29.8 Å². The summed E-state index contributed by atoms with van der Waals surface area (Å²) in [6, 6.07) is 4.91. The fourth-order valence-electron chi connectivity index (χ4n) is 3.63. The molecular formula is C23H27BrO11. The van der Waals surface area contributed by atoms with Crippen molar-refractivity contribution < 1.29 is 52.4 Å². The summed E-state index contributed by atoms with van der Waals surface area (Å²) in [4.78, 5) is 59.1. The van der Waals surface area contributed by atoms with Crippen molar-refractivity contribution in [3.63, 3.8) is 0 Å². The molecule has 0 bridgehead atoms. The van der Waals surface area contributed by atoms with Gasteiger partial charge in [-0.3, -0.25) is 24.0 Å². The SMILES string of the molecule is CC(=O)OC[C@H]1O[C@@H](c2cc(CBr)ccc2OC(C)=O)[C@H](OC(C)=O)[C@@H](OC(C)=O)[C@@H]1OC(C)=O. The number of ether oxygens (including phenoxy) is 6. The molecule has 0 radical (unpaired) electrons. The molecule has 0 aromatic heterocycles. The molecule has 1 aromatic rings. The average molecular weight is 559 g/mol. The van der Waals surface area contributed by atoms with Crippen molar-refractivity contribution in [2.24, 2.45) is 0 Å². The smallest absolute Gasteiger partial charge is 0.308 e. The van der Waals surface area contributed by atoms with Gasteiger partial charge in [0.15, 0.2) is 18.3 Å². The summed E-state index contributed by atoms with van der Waals surface area (Å²) in [6.07, 6.45) is -6.22. The minimum Gasteiger partial charge on any atom is -0.463 e. The van der Waals surface area contributed by atoms with Gasteiger partial charge in [-0.05, 0) is 17.7 Å². The van der Waals surface area contributed by atoms with E-state index in [9.17, 15) is 24.0 Å². The molecule has 11 nitrogen and oxygen atoms in total. The molecule has 1 aliphatic heterocycles. The first-order chi connectivity index (χ1) is 16.4. The summed E-state index contributed by atoms with van der Waals surface area (Å²) in [5.41, 5.74) is 1.07. The van der Waals surface area contributed by atoms with E-state index < -0.39 is 60.4 Å². The van der Waals surface area contributed by atoms with E-state index >= 15 is 0 Å². The third-order valence-electron chi connectivity index (χ3n) is 4.78. The molecule has 1 heterocycles. The number of carbonyl (C=O) groups excluding carboxylic acids is 5. The van der Waals surface area contributed by atoms with Gasteiger partial charge < -0.3 is 28.4 Å². The summed E-state index contributed by atoms with van der Waals surface area (Å²) in [6.45, 7) is 5.46. The van der Waals surface area contributed by atoms with Crippen LogP contribution in [0.5, 0.6) is 5.75 Å². The van der Waals surface area contributed by atoms with Gasteiger partial charge in [-0.2, -0.15) is 0 Å². The molecule has 5 atom stereocenters. The Balaban J connectivity index is 2.70. The Labute approximate surface area is 210 Å². The largest absolute Gasteiger partial charge is 0.463 e. The number of alkyl halides is 1. The van der Waals surface area contributed by atoms with Crippen molar-refractivity contribution in [3.05, 3.63) is 29.3 Å². The summed E-state index contributed by atoms with van der Waals surface area (Å²) >= 11 is 3.36. The van der Waals surface area contributed by atoms with Gasteiger partial charge in [-0.25, -0.2) is 0 Å². The normalized spacial score (nSPS) is 23.5. The second-order valence-electron chi connectivity index (χ2n) is 7.72. The van der Waals surface area contributed by atoms with Crippen molar-refractivity contribution in [2.75, 3.05) is 6.61 Å². The van der Waals surface area contributed by atoms with Crippen LogP contribution in [-0.4, -0.2) is 60.9 Å². The molecular weight excluding hydrogens is 532 g/mol. The highest BCUT2D eigenvalue weighted by molar-refractivity contribution is 9.08. The van der Waals surface area contributed by atoms with Crippen LogP contribution in [0.4, 0.5) is 0 Å². The molecule has 0 saturated carbocycles. The maximum atomic E-state index is 12.0. The number of esters is 5. The summed E-state index contributed by atoms with van der Waals surface area (Å²) in [7, 11) is 0. The van der Waals surface area contributed by atoms with Crippen LogP contribution in [0.2, 0.25) is 0 Å². The van der Waals surface area contributed by atoms with Crippen molar-refractivity contribution in [2.45, 2.75) is 70.5 Å². The minimum absolute atomic E-state index is 0.114. The molecule has 0 spiro atoms. The molecule has 0 unspecified atom stereocenters. The highest BCUT2D eigenvalue weighted by Gasteiger charge is 2.53. The van der Waals surface area contributed by atoms with Gasteiger partial charge in [0.25, 0.3) is 0 Å². The maximum Gasteiger partial charge on any atom is 0.308 e. The number of halogens is 1. The van der Waals surface area contributed by atoms with Crippen molar-refractivity contribution >= 4 is 45.8 Å². The Morgan fingerprint density at radius 1 is 0.800 bits per heavy atom. The van der Waals surface area contributed by atoms with Crippen molar-refractivity contribution in [1.29, 1.82) is 0 Å². The number of carbonyl (C=O) groups is 5. The van der Waals surface area contributed by atoms with Crippen LogP contribution in [0.15, 0.2) is 18.2 Å². The number of rotatable bonds is 8. The van der Waals surface area contributed by atoms with Crippen LogP contribution in [0.25, 0.3) is 0 Å². The zero-order valence-corrected chi connectivity index (χ0v) is 21.5. The third kappa shape index (κ3) is 8.03. The first kappa shape index (κ1) is 28.2. The van der Waals surface area contributed by atoms with Gasteiger partial charge in [0.05, 0.1) is 0 Å². The predicted octanol–water partition coefficient (Wildman–Crippen LogP) is 2.30. The second kappa shape index (κ2) is 12.6. The van der Waals surface area contributed by atoms with E-state index in [1.807, 2.05) is 0 Å². The number of hydrogen-bond donors (Lipinski definition) is 0. The molecule has 35 heavy (non-hydrogen) atoms. The van der Waals surface area contributed by atoms with Gasteiger partial charge in [0, 0.05) is 45.5 Å². The standard InChI is InChI=1S/C23H27BrO11/c1-11(25)30-10-19-21(32-13(3)27)23(34-15(5)29)22(33-14(4)28)20(35-19)17-8-16(9-24)6-7-18(17)31-12(2)26/h6-8,19-23H,9-10H2,1-5H3/t19-,20+,21-,22+,23+/m1/s1. The molecule has 12 heteroatoms. The van der Waals surface area contributed by atoms with Crippen LogP contribution in [0.1, 0.15) is 51.8 Å². The summed E-state index contributed by atoms with van der Waals surface area (Å²) < 4.78 is 32.9. The lowest BCUT2D eigenvalue weighted by atomic mass is 9.89. The lowest BCUT2D eigenvalue weighted by molar-refractivity contribution is -0.254. The van der Waals surface area contributed by atoms with Crippen LogP contribution in [0.3, 0.4) is 0 Å². The fraction of sp³-hybridized carbons (Fsp3) is 0.522. The lowest BCUT2D eigenvalue weighted by Gasteiger charge is -2.44. The zero-order chi connectivity index (χ0) is 26.3. The van der Waals surface area contributed by atoms with E-state index in [-0.39, 0.29) is 12.4 Å². The molecule has 192 valence electrons. The van der Waals surface area contributed by atoms with Crippen LogP contribution in [-0.2, 0) is 53.0 Å². The van der Waals surface area contributed by atoms with Gasteiger partial charge in [-0.15, -0.1) is 0 Å². The van der Waals surface area contributed by atoms with Crippen LogP contribution >= 0.6 is 15.9 Å². The Morgan fingerprint density at radius 3 is 1.89 bits per heavy atom. The number of hydrogen-bond acceptors (Lipinski definition) is 11. The van der Waals surface area contributed by atoms with E-state index in [1.165, 1.54) is 13.8 Å². The van der Waals surface area contributed by atoms with Crippen LogP contribution < -0.4 is 4.74 Å². The molecule has 0 aliphatic carbocycles. The topological polar surface area (TPSA) is 141 Å². The van der Waals surface area contributed by atoms with E-state index in [2.05, 4.69) is 15.9 Å². The quantitative estimate of drug-likeness (QED) is 0.201. The molecule has 1 saturated heterocycles. The minimum atomic E-state index is -1.34. The second-order valence-corrected chi connectivity index (χ2v) is 8.28. The first-order valence-electron chi connectivity index (χ1n) is 10.6. The van der Waals surface area contributed by atoms with E-state index in [0.29, 0.717) is 10.9 Å². The number of benzene rings is 1. The third-order valence-corrected chi connectivity index (χ3v) is 5.43. The summed E-state index contributed by atoms with van der Waals surface area (Å²) in [5, 5.41) is 0.436. The predicted molar refractivity (Wildman–Crippen MR) is 121 cm³/mol. The van der Waals surface area contributed by atoms with E-state index in [0.717, 1.165) is 26.3 Å². The molecule has 0 amide bonds. The van der Waals surface area contributed by atoms with Gasteiger partial charge in [0.2, 0.25) is 0 Å². The zero-order valence-electron chi connectivity index (χ0n) is 19.9. The molecule has 2 rings (SSSR count). The van der Waals surface area contributed by atoms with Crippen LogP contribution in [0, 0.1) is 0 Å². The van der Waals surface area contributed by atoms with Crippen molar-refractivity contribution in [3.8, 4) is 5.75 Å². The fourth-order valence-corrected chi connectivity index (χ4v) is 3.98. The summed E-state index contributed by atoms with van der Waals surface area (Å²) in [5.74, 6) is -3.33. The van der Waals surface area contributed by atoms with Gasteiger partial charge in [-0.1, -0.05) is 22.0 Å². The average Bonchev–Trinajstić information content (AvgIpc) is 2.74. The first-order valence-corrected chi connectivity index (χ1v) is 11.7.